The topological polar surface area (TPSA) is 46.2 Å². The number of thiophene rings is 1. The molecule has 1 aliphatic rings. The van der Waals surface area contributed by atoms with Gasteiger partial charge in [-0.1, -0.05) is 31.4 Å². The van der Waals surface area contributed by atoms with Crippen molar-refractivity contribution in [3.8, 4) is 0 Å². The van der Waals surface area contributed by atoms with Gasteiger partial charge in [-0.25, -0.2) is 0 Å². The first-order valence-corrected chi connectivity index (χ1v) is 8.33. The molecule has 0 radical (unpaired) electrons. The minimum absolute atomic E-state index is 0.00579. The Balaban J connectivity index is 1.76. The van der Waals surface area contributed by atoms with Crippen LogP contribution < -0.4 is 5.32 Å². The zero-order valence-electron chi connectivity index (χ0n) is 11.7. The summed E-state index contributed by atoms with van der Waals surface area (Å²) in [7, 11) is 0. The number of amides is 1. The van der Waals surface area contributed by atoms with E-state index in [0.717, 1.165) is 6.42 Å². The number of rotatable bonds is 5. The summed E-state index contributed by atoms with van der Waals surface area (Å²) in [4.78, 5) is 24.4. The molecule has 0 bridgehead atoms. The first-order chi connectivity index (χ1) is 9.56. The average Bonchev–Trinajstić information content (AvgIpc) is 2.85. The summed E-state index contributed by atoms with van der Waals surface area (Å²) in [5, 5.41) is 3.07. The zero-order valence-corrected chi connectivity index (χ0v) is 13.2. The molecule has 1 fully saturated rings. The molecular formula is C15H20ClNO2S. The van der Waals surface area contributed by atoms with E-state index in [9.17, 15) is 9.59 Å². The van der Waals surface area contributed by atoms with Gasteiger partial charge in [0.1, 0.15) is 0 Å². The summed E-state index contributed by atoms with van der Waals surface area (Å²) in [6, 6.07) is 3.71. The molecule has 1 aromatic rings. The van der Waals surface area contributed by atoms with E-state index >= 15 is 0 Å². The number of carbonyl (C=O) groups excluding carboxylic acids is 2. The van der Waals surface area contributed by atoms with Gasteiger partial charge in [-0.2, -0.15) is 0 Å². The van der Waals surface area contributed by atoms with E-state index in [1.54, 1.807) is 12.1 Å². The van der Waals surface area contributed by atoms with Gasteiger partial charge in [0.25, 0.3) is 0 Å². The zero-order chi connectivity index (χ0) is 14.5. The van der Waals surface area contributed by atoms with Crippen molar-refractivity contribution in [2.45, 2.75) is 51.5 Å². The van der Waals surface area contributed by atoms with E-state index in [0.29, 0.717) is 15.1 Å². The van der Waals surface area contributed by atoms with Crippen LogP contribution in [-0.4, -0.2) is 17.7 Å². The summed E-state index contributed by atoms with van der Waals surface area (Å²) in [6.07, 6.45) is 5.19. The molecule has 0 aliphatic heterocycles. The highest BCUT2D eigenvalue weighted by Crippen LogP contribution is 2.24. The fourth-order valence-electron chi connectivity index (χ4n) is 2.62. The van der Waals surface area contributed by atoms with Crippen molar-refractivity contribution in [2.24, 2.45) is 5.92 Å². The monoisotopic (exact) mass is 313 g/mol. The van der Waals surface area contributed by atoms with Crippen LogP contribution in [0.25, 0.3) is 0 Å². The maximum Gasteiger partial charge on any atom is 0.220 e. The lowest BCUT2D eigenvalue weighted by atomic mass is 9.86. The highest BCUT2D eigenvalue weighted by atomic mass is 35.5. The number of halogens is 1. The van der Waals surface area contributed by atoms with E-state index in [1.165, 1.54) is 30.6 Å². The van der Waals surface area contributed by atoms with Crippen molar-refractivity contribution >= 4 is 34.6 Å². The second-order valence-corrected chi connectivity index (χ2v) is 7.18. The standard InChI is InChI=1S/C15H20ClNO2S/c1-10-4-2-3-5-11(10)17-15(19)9-6-12(18)13-7-8-14(16)20-13/h7-8,10-11H,2-6,9H2,1H3,(H,17,19). The van der Waals surface area contributed by atoms with Gasteiger partial charge in [0, 0.05) is 18.9 Å². The number of Topliss-reactive ketones (excluding diaryl/α,β-unsaturated/α-hetero) is 1. The van der Waals surface area contributed by atoms with Gasteiger partial charge in [-0.15, -0.1) is 11.3 Å². The van der Waals surface area contributed by atoms with Crippen LogP contribution in [0.4, 0.5) is 0 Å². The molecule has 110 valence electrons. The smallest absolute Gasteiger partial charge is 0.220 e. The summed E-state index contributed by atoms with van der Waals surface area (Å²) in [5.74, 6) is 0.521. The molecule has 3 nitrogen and oxygen atoms in total. The van der Waals surface area contributed by atoms with Crippen molar-refractivity contribution in [3.05, 3.63) is 21.3 Å². The Kier molecular flexibility index (Phi) is 5.61. The molecule has 1 heterocycles. The van der Waals surface area contributed by atoms with Gasteiger partial charge >= 0.3 is 0 Å². The van der Waals surface area contributed by atoms with E-state index in [4.69, 9.17) is 11.6 Å². The predicted octanol–water partition coefficient (Wildman–Crippen LogP) is 4.06. The number of nitrogens with one attached hydrogen (secondary N) is 1. The lowest BCUT2D eigenvalue weighted by molar-refractivity contribution is -0.122. The Hall–Kier alpha value is -0.870. The van der Waals surface area contributed by atoms with Crippen molar-refractivity contribution in [1.82, 2.24) is 5.32 Å². The van der Waals surface area contributed by atoms with Gasteiger partial charge in [0.15, 0.2) is 5.78 Å². The van der Waals surface area contributed by atoms with Gasteiger partial charge in [-0.05, 0) is 30.9 Å². The van der Waals surface area contributed by atoms with Crippen molar-refractivity contribution in [3.63, 3.8) is 0 Å². The predicted molar refractivity (Wildman–Crippen MR) is 82.5 cm³/mol. The maximum atomic E-state index is 11.9. The Labute approximate surface area is 128 Å². The highest BCUT2D eigenvalue weighted by molar-refractivity contribution is 7.18. The van der Waals surface area contributed by atoms with Crippen molar-refractivity contribution in [2.75, 3.05) is 0 Å². The molecule has 2 rings (SSSR count). The molecule has 1 saturated carbocycles. The molecule has 2 atom stereocenters. The summed E-state index contributed by atoms with van der Waals surface area (Å²) in [5.41, 5.74) is 0. The SMILES string of the molecule is CC1CCCCC1NC(=O)CCC(=O)c1ccc(Cl)s1. The lowest BCUT2D eigenvalue weighted by Crippen LogP contribution is -2.41. The van der Waals surface area contributed by atoms with E-state index in [2.05, 4.69) is 12.2 Å². The molecule has 0 spiro atoms. The molecule has 5 heteroatoms. The molecular weight excluding hydrogens is 294 g/mol. The van der Waals surface area contributed by atoms with Crippen LogP contribution in [-0.2, 0) is 4.79 Å². The Morgan fingerprint density at radius 1 is 1.30 bits per heavy atom. The van der Waals surface area contributed by atoms with Crippen molar-refractivity contribution in [1.29, 1.82) is 0 Å². The largest absolute Gasteiger partial charge is 0.353 e. The summed E-state index contributed by atoms with van der Waals surface area (Å²) in [6.45, 7) is 2.18. The molecule has 1 amide bonds. The van der Waals surface area contributed by atoms with Gasteiger partial charge in [0.2, 0.25) is 5.91 Å². The van der Waals surface area contributed by atoms with Gasteiger partial charge in [0.05, 0.1) is 9.21 Å². The molecule has 2 unspecified atom stereocenters. The van der Waals surface area contributed by atoms with Gasteiger partial charge < -0.3 is 5.32 Å². The summed E-state index contributed by atoms with van der Waals surface area (Å²) >= 11 is 7.07. The molecule has 20 heavy (non-hydrogen) atoms. The number of carbonyl (C=O) groups is 2. The van der Waals surface area contributed by atoms with Crippen LogP contribution in [0, 0.1) is 5.92 Å². The summed E-state index contributed by atoms with van der Waals surface area (Å²) < 4.78 is 0.605. The lowest BCUT2D eigenvalue weighted by Gasteiger charge is -2.29. The third kappa shape index (κ3) is 4.32. The van der Waals surface area contributed by atoms with E-state index < -0.39 is 0 Å². The van der Waals surface area contributed by atoms with Crippen molar-refractivity contribution < 1.29 is 9.59 Å². The van der Waals surface area contributed by atoms with E-state index in [-0.39, 0.29) is 30.6 Å². The quantitative estimate of drug-likeness (QED) is 0.833. The number of ketones is 1. The molecule has 0 aromatic carbocycles. The number of hydrogen-bond donors (Lipinski definition) is 1. The second kappa shape index (κ2) is 7.23. The van der Waals surface area contributed by atoms with Crippen LogP contribution in [0.15, 0.2) is 12.1 Å². The average molecular weight is 314 g/mol. The Bertz CT molecular complexity index is 486. The molecule has 1 aromatic heterocycles. The molecule has 1 aliphatic carbocycles. The molecule has 0 saturated heterocycles. The third-order valence-corrected chi connectivity index (χ3v) is 5.16. The highest BCUT2D eigenvalue weighted by Gasteiger charge is 2.23. The Morgan fingerprint density at radius 3 is 2.70 bits per heavy atom. The second-order valence-electron chi connectivity index (χ2n) is 5.46. The van der Waals surface area contributed by atoms with Gasteiger partial charge in [-0.3, -0.25) is 9.59 Å². The molecule has 1 N–H and O–H groups in total. The van der Waals surface area contributed by atoms with Crippen LogP contribution in [0.2, 0.25) is 4.34 Å². The van der Waals surface area contributed by atoms with Crippen LogP contribution in [0.5, 0.6) is 0 Å². The third-order valence-electron chi connectivity index (χ3n) is 3.89. The van der Waals surface area contributed by atoms with E-state index in [1.807, 2.05) is 0 Å². The van der Waals surface area contributed by atoms with Crippen LogP contribution >= 0.6 is 22.9 Å². The maximum absolute atomic E-state index is 11.9. The minimum Gasteiger partial charge on any atom is -0.353 e. The fraction of sp³-hybridized carbons (Fsp3) is 0.600. The fourth-order valence-corrected chi connectivity index (χ4v) is 3.63. The number of hydrogen-bond acceptors (Lipinski definition) is 3. The first-order valence-electron chi connectivity index (χ1n) is 7.14. The Morgan fingerprint density at radius 2 is 2.05 bits per heavy atom. The normalized spacial score (nSPS) is 22.5. The first kappa shape index (κ1) is 15.5. The van der Waals surface area contributed by atoms with Crippen LogP contribution in [0.1, 0.15) is 55.1 Å². The van der Waals surface area contributed by atoms with Crippen LogP contribution in [0.3, 0.4) is 0 Å². The minimum atomic E-state index is -0.0141.